The minimum Gasteiger partial charge on any atom is -0.454 e. The van der Waals surface area contributed by atoms with E-state index in [-0.39, 0.29) is 10.8 Å². The smallest absolute Gasteiger partial charge is 0.158 e. The fourth-order valence-electron chi connectivity index (χ4n) is 11.9. The monoisotopic (exact) mass is 928 g/mol. The molecular weight excluding hydrogens is 877 g/mol. The number of fused-ring (bicyclic) bond motifs is 10. The molecule has 14 rings (SSSR count). The first-order chi connectivity index (χ1) is 35.0. The Kier molecular flexibility index (Phi) is 9.07. The summed E-state index contributed by atoms with van der Waals surface area (Å²) in [5.41, 5.74) is 14.4. The predicted molar refractivity (Wildman–Crippen MR) is 307 cm³/mol. The molecule has 72 heavy (non-hydrogen) atoms. The van der Waals surface area contributed by atoms with E-state index in [2.05, 4.69) is 234 Å². The lowest BCUT2D eigenvalue weighted by molar-refractivity contribution is 0.573. The highest BCUT2D eigenvalue weighted by atomic mass is 16.3. The Morgan fingerprint density at radius 2 is 0.694 bits per heavy atom. The van der Waals surface area contributed by atoms with Crippen LogP contribution in [-0.4, -0.2) is 0 Å². The average molecular weight is 929 g/mol. The number of rotatable bonds is 6. The number of anilines is 4. The van der Waals surface area contributed by atoms with E-state index in [9.17, 15) is 0 Å². The van der Waals surface area contributed by atoms with Crippen LogP contribution in [0.3, 0.4) is 0 Å². The third-order valence-electron chi connectivity index (χ3n) is 15.2. The van der Waals surface area contributed by atoms with Crippen LogP contribution < -0.4 is 10.6 Å². The molecule has 4 nitrogen and oxygen atoms in total. The summed E-state index contributed by atoms with van der Waals surface area (Å²) in [4.78, 5) is 0. The molecule has 0 saturated carbocycles. The predicted octanol–water partition coefficient (Wildman–Crippen LogP) is 20.1. The van der Waals surface area contributed by atoms with Crippen LogP contribution in [0.4, 0.5) is 22.7 Å². The number of furan rings is 2. The first-order valence-corrected chi connectivity index (χ1v) is 25.2. The maximum atomic E-state index is 7.10. The highest BCUT2D eigenvalue weighted by molar-refractivity contribution is 6.32. The lowest BCUT2D eigenvalue weighted by atomic mass is 9.81. The summed E-state index contributed by atoms with van der Waals surface area (Å²) in [7, 11) is 0. The molecule has 0 aliphatic rings. The largest absolute Gasteiger partial charge is 0.454 e. The molecule has 0 bridgehead atoms. The molecule has 0 amide bonds. The summed E-state index contributed by atoms with van der Waals surface area (Å²) in [6.07, 6.45) is 0. The molecule has 0 saturated heterocycles. The second-order valence-corrected chi connectivity index (χ2v) is 21.8. The zero-order valence-electron chi connectivity index (χ0n) is 41.3. The van der Waals surface area contributed by atoms with Gasteiger partial charge in [-0.15, -0.1) is 0 Å². The van der Waals surface area contributed by atoms with Gasteiger partial charge in [-0.05, 0) is 125 Å². The summed E-state index contributed by atoms with van der Waals surface area (Å²) in [6, 6.07) is 70.7. The van der Waals surface area contributed by atoms with E-state index in [1.165, 1.54) is 87.2 Å². The second-order valence-electron chi connectivity index (χ2n) is 21.8. The summed E-state index contributed by atoms with van der Waals surface area (Å²) in [5.74, 6) is 0. The molecule has 0 aliphatic carbocycles. The first kappa shape index (κ1) is 42.3. The molecule has 2 N–H and O–H groups in total. The number of benzene rings is 12. The van der Waals surface area contributed by atoms with Crippen molar-refractivity contribution in [2.24, 2.45) is 0 Å². The lowest BCUT2D eigenvalue weighted by Gasteiger charge is -2.22. The highest BCUT2D eigenvalue weighted by Gasteiger charge is 2.28. The topological polar surface area (TPSA) is 50.3 Å². The van der Waals surface area contributed by atoms with Gasteiger partial charge in [-0.2, -0.15) is 0 Å². The molecule has 0 spiro atoms. The molecule has 12 aromatic carbocycles. The van der Waals surface area contributed by atoms with Crippen molar-refractivity contribution < 1.29 is 8.83 Å². The Labute approximate surface area is 417 Å². The Balaban J connectivity index is 1.01. The molecule has 2 aromatic heterocycles. The van der Waals surface area contributed by atoms with Gasteiger partial charge in [-0.1, -0.05) is 187 Å². The molecule has 14 aromatic rings. The van der Waals surface area contributed by atoms with Crippen molar-refractivity contribution >= 4 is 120 Å². The third-order valence-corrected chi connectivity index (χ3v) is 15.2. The SMILES string of the molecule is CC(C)(C)c1cc2cccc(-c3ccc4ccc5c(-c6cccc7cc(C(C)(C)C)c8oc9c(Nc%10ccccc%10)cccc9c8c67)ccc6ccc3c4c65)c2c2c1oc1c(Nc3ccccc3)cccc12. The zero-order chi connectivity index (χ0) is 48.6. The molecule has 0 radical (unpaired) electrons. The molecule has 2 heterocycles. The second kappa shape index (κ2) is 15.4. The van der Waals surface area contributed by atoms with Crippen molar-refractivity contribution in [1.29, 1.82) is 0 Å². The summed E-state index contributed by atoms with van der Waals surface area (Å²) >= 11 is 0. The fourth-order valence-corrected chi connectivity index (χ4v) is 11.9. The molecule has 4 heteroatoms. The van der Waals surface area contributed by atoms with Crippen LogP contribution >= 0.6 is 0 Å². The van der Waals surface area contributed by atoms with E-state index in [0.717, 1.165) is 66.6 Å². The van der Waals surface area contributed by atoms with Crippen molar-refractivity contribution in [2.75, 3.05) is 10.6 Å². The van der Waals surface area contributed by atoms with Crippen LogP contribution in [0, 0.1) is 0 Å². The van der Waals surface area contributed by atoms with Gasteiger partial charge in [0.15, 0.2) is 11.2 Å². The summed E-state index contributed by atoms with van der Waals surface area (Å²) < 4.78 is 14.2. The third kappa shape index (κ3) is 6.38. The number of hydrogen-bond acceptors (Lipinski definition) is 4. The first-order valence-electron chi connectivity index (χ1n) is 25.2. The summed E-state index contributed by atoms with van der Waals surface area (Å²) in [5, 5.41) is 24.1. The van der Waals surface area contributed by atoms with Gasteiger partial charge in [0.1, 0.15) is 11.2 Å². The van der Waals surface area contributed by atoms with Crippen molar-refractivity contribution in [3.8, 4) is 22.3 Å². The van der Waals surface area contributed by atoms with E-state index in [0.29, 0.717) is 0 Å². The Bertz CT molecular complexity index is 4220. The van der Waals surface area contributed by atoms with Gasteiger partial charge in [0, 0.05) is 54.8 Å². The molecule has 0 atom stereocenters. The van der Waals surface area contributed by atoms with Gasteiger partial charge in [0.05, 0.1) is 11.4 Å². The van der Waals surface area contributed by atoms with E-state index < -0.39 is 0 Å². The zero-order valence-corrected chi connectivity index (χ0v) is 41.3. The average Bonchev–Trinajstić information content (AvgIpc) is 3.98. The number of para-hydroxylation sites is 4. The highest BCUT2D eigenvalue weighted by Crippen LogP contribution is 2.51. The molecule has 0 fully saturated rings. The van der Waals surface area contributed by atoms with Crippen molar-refractivity contribution in [1.82, 2.24) is 0 Å². The maximum absolute atomic E-state index is 7.10. The van der Waals surface area contributed by atoms with E-state index in [4.69, 9.17) is 8.83 Å². The van der Waals surface area contributed by atoms with Gasteiger partial charge >= 0.3 is 0 Å². The van der Waals surface area contributed by atoms with Gasteiger partial charge < -0.3 is 19.5 Å². The van der Waals surface area contributed by atoms with Crippen LogP contribution in [0.15, 0.2) is 203 Å². The molecular formula is C68H52N2O2. The van der Waals surface area contributed by atoms with E-state index >= 15 is 0 Å². The van der Waals surface area contributed by atoms with Crippen molar-refractivity contribution in [3.63, 3.8) is 0 Å². The van der Waals surface area contributed by atoms with Crippen LogP contribution in [0.1, 0.15) is 52.7 Å². The number of hydrogen-bond donors (Lipinski definition) is 2. The van der Waals surface area contributed by atoms with Gasteiger partial charge in [0.25, 0.3) is 0 Å². The molecule has 346 valence electrons. The normalized spacial score (nSPS) is 12.6. The number of nitrogens with one attached hydrogen (secondary N) is 2. The Hall–Kier alpha value is -8.60. The van der Waals surface area contributed by atoms with Gasteiger partial charge in [-0.25, -0.2) is 0 Å². The quantitative estimate of drug-likeness (QED) is 0.163. The van der Waals surface area contributed by atoms with Gasteiger partial charge in [0.2, 0.25) is 0 Å². The van der Waals surface area contributed by atoms with E-state index in [1.807, 2.05) is 12.1 Å². The van der Waals surface area contributed by atoms with E-state index in [1.54, 1.807) is 0 Å². The lowest BCUT2D eigenvalue weighted by Crippen LogP contribution is -2.11. The maximum Gasteiger partial charge on any atom is 0.158 e. The van der Waals surface area contributed by atoms with Crippen LogP contribution in [-0.2, 0) is 10.8 Å². The summed E-state index contributed by atoms with van der Waals surface area (Å²) in [6.45, 7) is 13.7. The van der Waals surface area contributed by atoms with Crippen LogP contribution in [0.2, 0.25) is 0 Å². The minimum atomic E-state index is -0.161. The Morgan fingerprint density at radius 1 is 0.292 bits per heavy atom. The standard InChI is InChI=1S/C68H52N2O2/c1-67(2,3)53-37-41-17-13-23-47(59(41)61-51-25-15-27-55(63(51)71-65(53)61)69-43-19-9-7-10-20-43)45-33-29-39-32-36-50-46(34-30-40-31-35-49(45)57(39)58(40)50)48-24-14-18-42-38-54(68(4,5)6)66-62(60(42)48)52-26-16-28-56(64(52)72-66)70-44-21-11-8-12-22-44/h7-38,69-70H,1-6H3. The van der Waals surface area contributed by atoms with Crippen LogP contribution in [0.25, 0.3) is 120 Å². The Morgan fingerprint density at radius 3 is 1.11 bits per heavy atom. The minimum absolute atomic E-state index is 0.161. The van der Waals surface area contributed by atoms with Crippen molar-refractivity contribution in [3.05, 3.63) is 205 Å². The fraction of sp³-hybridized carbons (Fsp3) is 0.118. The van der Waals surface area contributed by atoms with Crippen LogP contribution in [0.5, 0.6) is 0 Å². The molecule has 0 unspecified atom stereocenters. The molecule has 0 aliphatic heterocycles. The van der Waals surface area contributed by atoms with Crippen molar-refractivity contribution in [2.45, 2.75) is 52.4 Å². The van der Waals surface area contributed by atoms with Gasteiger partial charge in [-0.3, -0.25) is 0 Å².